The highest BCUT2D eigenvalue weighted by molar-refractivity contribution is 5.98. The van der Waals surface area contributed by atoms with Crippen molar-refractivity contribution in [3.8, 4) is 17.2 Å². The van der Waals surface area contributed by atoms with E-state index in [9.17, 15) is 0 Å². The molecule has 1 heteroatoms. The summed E-state index contributed by atoms with van der Waals surface area (Å²) in [5.74, 6) is 1.19. The fourth-order valence-corrected chi connectivity index (χ4v) is 4.03. The summed E-state index contributed by atoms with van der Waals surface area (Å²) in [5.41, 5.74) is 4.61. The molecule has 2 radical (unpaired) electrons. The van der Waals surface area contributed by atoms with Crippen LogP contribution in [0.15, 0.2) is 60.7 Å². The molecule has 2 unspecified atom stereocenters. The van der Waals surface area contributed by atoms with Gasteiger partial charge in [0.15, 0.2) is 0 Å². The molecule has 4 rings (SSSR count). The van der Waals surface area contributed by atoms with Crippen LogP contribution in [-0.2, 0) is 0 Å². The summed E-state index contributed by atoms with van der Waals surface area (Å²) in [5, 5.41) is 11.6. The second-order valence-corrected chi connectivity index (χ2v) is 6.91. The van der Waals surface area contributed by atoms with Gasteiger partial charge in [0.2, 0.25) is 0 Å². The quantitative estimate of drug-likeness (QED) is 0.555. The molecule has 3 aromatic carbocycles. The first kappa shape index (κ1) is 15.9. The van der Waals surface area contributed by atoms with Gasteiger partial charge in [-0.3, -0.25) is 0 Å². The minimum Gasteiger partial charge on any atom is -0.192 e. The number of fused-ring (bicyclic) bond motifs is 1. The second kappa shape index (κ2) is 6.73. The van der Waals surface area contributed by atoms with Crippen LogP contribution in [0.5, 0.6) is 0 Å². The summed E-state index contributed by atoms with van der Waals surface area (Å²) in [6.07, 6.45) is 5.82. The van der Waals surface area contributed by atoms with Gasteiger partial charge in [0.25, 0.3) is 0 Å². The van der Waals surface area contributed by atoms with Gasteiger partial charge in [-0.25, -0.2) is 0 Å². The highest BCUT2D eigenvalue weighted by Gasteiger charge is 2.27. The van der Waals surface area contributed by atoms with E-state index in [2.05, 4.69) is 67.9 Å². The first-order valence-corrected chi connectivity index (χ1v) is 8.95. The van der Waals surface area contributed by atoms with Crippen LogP contribution in [-0.4, -0.2) is 0 Å². The molecule has 1 nitrogen and oxygen atoms in total. The van der Waals surface area contributed by atoms with E-state index in [1.165, 1.54) is 33.9 Å². The summed E-state index contributed by atoms with van der Waals surface area (Å²) in [4.78, 5) is 0. The van der Waals surface area contributed by atoms with E-state index in [-0.39, 0.29) is 0 Å². The van der Waals surface area contributed by atoms with Gasteiger partial charge in [0.05, 0.1) is 11.6 Å². The summed E-state index contributed by atoms with van der Waals surface area (Å²) in [6.45, 7) is 4.09. The maximum Gasteiger partial charge on any atom is 0.0991 e. The fraction of sp³-hybridized carbons (Fsp3) is 0.208. The number of nitrogens with zero attached hydrogens (tertiary/aromatic N) is 1. The molecule has 122 valence electrons. The predicted molar refractivity (Wildman–Crippen MR) is 104 cm³/mol. The third-order valence-corrected chi connectivity index (χ3v) is 5.41. The predicted octanol–water partition coefficient (Wildman–Crippen LogP) is 6.30. The maximum absolute atomic E-state index is 9.09. The molecule has 0 aromatic heterocycles. The van der Waals surface area contributed by atoms with Crippen LogP contribution in [0.3, 0.4) is 0 Å². The van der Waals surface area contributed by atoms with Gasteiger partial charge < -0.3 is 0 Å². The number of rotatable bonds is 3. The van der Waals surface area contributed by atoms with Gasteiger partial charge in [-0.15, -0.1) is 0 Å². The number of hydrogen-bond acceptors (Lipinski definition) is 1. The highest BCUT2D eigenvalue weighted by atomic mass is 14.3. The summed E-state index contributed by atoms with van der Waals surface area (Å²) >= 11 is 0. The van der Waals surface area contributed by atoms with Crippen LogP contribution < -0.4 is 0 Å². The topological polar surface area (TPSA) is 23.8 Å². The Kier molecular flexibility index (Phi) is 4.28. The number of benzene rings is 3. The largest absolute Gasteiger partial charge is 0.192 e. The van der Waals surface area contributed by atoms with Gasteiger partial charge in [0, 0.05) is 0 Å². The van der Waals surface area contributed by atoms with Crippen molar-refractivity contribution in [3.05, 3.63) is 85.1 Å². The van der Waals surface area contributed by atoms with Crippen molar-refractivity contribution >= 4 is 10.8 Å². The molecule has 0 amide bonds. The lowest BCUT2D eigenvalue weighted by Crippen LogP contribution is -1.99. The summed E-state index contributed by atoms with van der Waals surface area (Å²) in [7, 11) is 0. The van der Waals surface area contributed by atoms with E-state index < -0.39 is 0 Å². The van der Waals surface area contributed by atoms with Crippen LogP contribution in [0.4, 0.5) is 0 Å². The molecule has 1 aliphatic carbocycles. The van der Waals surface area contributed by atoms with Gasteiger partial charge in [-0.2, -0.15) is 5.26 Å². The minimum absolute atomic E-state index is 0.488. The van der Waals surface area contributed by atoms with E-state index in [1.54, 1.807) is 0 Å². The normalized spacial score (nSPS) is 19.8. The third kappa shape index (κ3) is 2.94. The Morgan fingerprint density at radius 3 is 2.52 bits per heavy atom. The molecule has 2 atom stereocenters. The SMILES string of the molecule is [CH2]CC1C[CH]C(c2ccc3ccccc3c2-c2ccc(C#N)cc2)C1. The molecule has 1 fully saturated rings. The Morgan fingerprint density at radius 1 is 1.00 bits per heavy atom. The minimum atomic E-state index is 0.488. The maximum atomic E-state index is 9.09. The van der Waals surface area contributed by atoms with Crippen LogP contribution in [0.2, 0.25) is 0 Å². The zero-order valence-electron chi connectivity index (χ0n) is 14.3. The molecule has 0 saturated heterocycles. The van der Waals surface area contributed by atoms with E-state index in [4.69, 9.17) is 5.26 Å². The second-order valence-electron chi connectivity index (χ2n) is 6.91. The van der Waals surface area contributed by atoms with Gasteiger partial charge in [0.1, 0.15) is 0 Å². The first-order valence-electron chi connectivity index (χ1n) is 8.95. The zero-order chi connectivity index (χ0) is 17.2. The average molecular weight is 323 g/mol. The van der Waals surface area contributed by atoms with E-state index >= 15 is 0 Å². The van der Waals surface area contributed by atoms with Crippen molar-refractivity contribution in [2.24, 2.45) is 5.92 Å². The Hall–Kier alpha value is -2.59. The van der Waals surface area contributed by atoms with E-state index in [0.29, 0.717) is 17.4 Å². The smallest absolute Gasteiger partial charge is 0.0991 e. The lowest BCUT2D eigenvalue weighted by molar-refractivity contribution is 0.547. The molecule has 0 aliphatic heterocycles. The van der Waals surface area contributed by atoms with Gasteiger partial charge in [-0.1, -0.05) is 61.9 Å². The molecule has 0 bridgehead atoms. The Morgan fingerprint density at radius 2 is 1.80 bits per heavy atom. The Bertz CT molecular complexity index is 930. The van der Waals surface area contributed by atoms with Gasteiger partial charge >= 0.3 is 0 Å². The van der Waals surface area contributed by atoms with E-state index in [0.717, 1.165) is 12.8 Å². The third-order valence-electron chi connectivity index (χ3n) is 5.41. The van der Waals surface area contributed by atoms with Crippen LogP contribution >= 0.6 is 0 Å². The Labute approximate surface area is 149 Å². The molecule has 3 aromatic rings. The molecular weight excluding hydrogens is 302 g/mol. The van der Waals surface area contributed by atoms with Crippen molar-refractivity contribution in [1.82, 2.24) is 0 Å². The number of hydrogen-bond donors (Lipinski definition) is 0. The van der Waals surface area contributed by atoms with Crippen molar-refractivity contribution < 1.29 is 0 Å². The fourth-order valence-electron chi connectivity index (χ4n) is 4.03. The molecule has 0 N–H and O–H groups in total. The average Bonchev–Trinajstić information content (AvgIpc) is 3.16. The first-order chi connectivity index (χ1) is 12.3. The van der Waals surface area contributed by atoms with Crippen molar-refractivity contribution in [2.75, 3.05) is 0 Å². The summed E-state index contributed by atoms with van der Waals surface area (Å²) < 4.78 is 0. The van der Waals surface area contributed by atoms with Gasteiger partial charge in [-0.05, 0) is 70.7 Å². The molecular formula is C24H21N. The number of nitriles is 1. The molecule has 1 aliphatic rings. The monoisotopic (exact) mass is 323 g/mol. The molecule has 25 heavy (non-hydrogen) atoms. The Balaban J connectivity index is 1.89. The van der Waals surface area contributed by atoms with Crippen molar-refractivity contribution in [2.45, 2.75) is 25.2 Å². The van der Waals surface area contributed by atoms with Crippen LogP contribution in [0, 0.1) is 30.6 Å². The van der Waals surface area contributed by atoms with Crippen molar-refractivity contribution in [1.29, 1.82) is 5.26 Å². The highest BCUT2D eigenvalue weighted by Crippen LogP contribution is 2.44. The lowest BCUT2D eigenvalue weighted by atomic mass is 9.85. The standard InChI is InChI=1S/C24H21N/c1-2-17-7-12-21(15-17)23-14-13-19-5-3-4-6-22(19)24(23)20-10-8-18(16-25)9-11-20/h3-6,8-14,17,21H,1-2,7,15H2. The van der Waals surface area contributed by atoms with E-state index in [1.807, 2.05) is 12.1 Å². The lowest BCUT2D eigenvalue weighted by Gasteiger charge is -2.19. The van der Waals surface area contributed by atoms with Crippen molar-refractivity contribution in [3.63, 3.8) is 0 Å². The molecule has 0 heterocycles. The van der Waals surface area contributed by atoms with Crippen LogP contribution in [0.1, 0.15) is 36.3 Å². The van der Waals surface area contributed by atoms with Crippen LogP contribution in [0.25, 0.3) is 21.9 Å². The molecule has 0 spiro atoms. The molecule has 1 saturated carbocycles. The zero-order valence-corrected chi connectivity index (χ0v) is 14.3. The summed E-state index contributed by atoms with van der Waals surface area (Å²) in [6, 6.07) is 23.3.